The van der Waals surface area contributed by atoms with Gasteiger partial charge in [0, 0.05) is 31.4 Å². The van der Waals surface area contributed by atoms with Gasteiger partial charge >= 0.3 is 0 Å². The molecule has 0 aromatic carbocycles. The van der Waals surface area contributed by atoms with Crippen LogP contribution in [0.25, 0.3) is 17.2 Å². The number of likely N-dealkylation sites (tertiary alicyclic amines) is 1. The van der Waals surface area contributed by atoms with Crippen molar-refractivity contribution < 1.29 is 9.32 Å². The fourth-order valence-corrected chi connectivity index (χ4v) is 3.18. The smallest absolute Gasteiger partial charge is 0.232 e. The van der Waals surface area contributed by atoms with Gasteiger partial charge < -0.3 is 13.8 Å². The standard InChI is InChI=1S/C16H15N5O2/c22-14-7-10(8-21(14)11-4-5-11)16-18-15(19-23-16)12-9-20-6-2-1-3-13(20)17-12/h1-3,6,9-11H,4-5,7-8H2. The number of aromatic nitrogens is 4. The van der Waals surface area contributed by atoms with Crippen LogP contribution in [0.3, 0.4) is 0 Å². The number of amides is 1. The number of hydrogen-bond acceptors (Lipinski definition) is 5. The normalized spacial score (nSPS) is 21.5. The van der Waals surface area contributed by atoms with Crippen LogP contribution in [0.2, 0.25) is 0 Å². The zero-order valence-corrected chi connectivity index (χ0v) is 12.4. The predicted molar refractivity (Wildman–Crippen MR) is 80.6 cm³/mol. The van der Waals surface area contributed by atoms with Crippen molar-refractivity contribution in [1.82, 2.24) is 24.4 Å². The van der Waals surface area contributed by atoms with Gasteiger partial charge in [0.15, 0.2) is 0 Å². The molecule has 1 saturated heterocycles. The van der Waals surface area contributed by atoms with Crippen LogP contribution in [0.4, 0.5) is 0 Å². The van der Waals surface area contributed by atoms with Crippen molar-refractivity contribution in [3.05, 3.63) is 36.5 Å². The van der Waals surface area contributed by atoms with E-state index >= 15 is 0 Å². The van der Waals surface area contributed by atoms with Gasteiger partial charge in [-0.25, -0.2) is 4.98 Å². The fourth-order valence-electron chi connectivity index (χ4n) is 3.18. The minimum atomic E-state index is 0.00128. The van der Waals surface area contributed by atoms with Crippen molar-refractivity contribution in [2.75, 3.05) is 6.54 Å². The average molecular weight is 309 g/mol. The highest BCUT2D eigenvalue weighted by Gasteiger charge is 2.41. The number of rotatable bonds is 3. The van der Waals surface area contributed by atoms with E-state index in [-0.39, 0.29) is 11.8 Å². The summed E-state index contributed by atoms with van der Waals surface area (Å²) >= 11 is 0. The van der Waals surface area contributed by atoms with E-state index in [2.05, 4.69) is 15.1 Å². The van der Waals surface area contributed by atoms with Crippen LogP contribution in [0.5, 0.6) is 0 Å². The molecule has 1 amide bonds. The van der Waals surface area contributed by atoms with E-state index < -0.39 is 0 Å². The van der Waals surface area contributed by atoms with E-state index in [4.69, 9.17) is 4.52 Å². The molecule has 1 aliphatic carbocycles. The van der Waals surface area contributed by atoms with Gasteiger partial charge in [-0.05, 0) is 25.0 Å². The zero-order chi connectivity index (χ0) is 15.4. The topological polar surface area (TPSA) is 76.5 Å². The van der Waals surface area contributed by atoms with Crippen LogP contribution in [0.1, 0.15) is 31.1 Å². The Hall–Kier alpha value is -2.70. The van der Waals surface area contributed by atoms with Crippen LogP contribution in [-0.2, 0) is 4.79 Å². The van der Waals surface area contributed by atoms with Crippen molar-refractivity contribution in [3.8, 4) is 11.5 Å². The highest BCUT2D eigenvalue weighted by molar-refractivity contribution is 5.80. The number of carbonyl (C=O) groups excluding carboxylic acids is 1. The second-order valence-electron chi connectivity index (χ2n) is 6.23. The Morgan fingerprint density at radius 1 is 1.22 bits per heavy atom. The summed E-state index contributed by atoms with van der Waals surface area (Å²) in [6, 6.07) is 6.24. The van der Waals surface area contributed by atoms with Crippen LogP contribution < -0.4 is 0 Å². The molecule has 3 aromatic heterocycles. The molecule has 1 aliphatic heterocycles. The molecule has 23 heavy (non-hydrogen) atoms. The molecule has 5 rings (SSSR count). The van der Waals surface area contributed by atoms with Crippen LogP contribution in [0, 0.1) is 0 Å². The van der Waals surface area contributed by atoms with Gasteiger partial charge in [-0.1, -0.05) is 11.2 Å². The third kappa shape index (κ3) is 2.11. The number of imidazole rings is 1. The molecule has 116 valence electrons. The first-order valence-corrected chi connectivity index (χ1v) is 7.85. The molecule has 0 spiro atoms. The number of nitrogens with zero attached hydrogens (tertiary/aromatic N) is 5. The van der Waals surface area contributed by atoms with E-state index in [0.29, 0.717) is 36.4 Å². The minimum absolute atomic E-state index is 0.00128. The van der Waals surface area contributed by atoms with E-state index in [9.17, 15) is 4.79 Å². The molecular formula is C16H15N5O2. The van der Waals surface area contributed by atoms with E-state index in [1.807, 2.05) is 39.9 Å². The zero-order valence-electron chi connectivity index (χ0n) is 12.4. The highest BCUT2D eigenvalue weighted by atomic mass is 16.5. The third-order valence-corrected chi connectivity index (χ3v) is 4.53. The molecule has 7 heteroatoms. The maximum absolute atomic E-state index is 12.1. The van der Waals surface area contributed by atoms with Crippen LogP contribution in [-0.4, -0.2) is 42.9 Å². The maximum atomic E-state index is 12.1. The summed E-state index contributed by atoms with van der Waals surface area (Å²) in [5.74, 6) is 1.21. The van der Waals surface area contributed by atoms with Gasteiger partial charge in [-0.3, -0.25) is 4.79 Å². The Bertz CT molecular complexity index is 862. The van der Waals surface area contributed by atoms with Gasteiger partial charge in [0.05, 0.1) is 5.92 Å². The summed E-state index contributed by atoms with van der Waals surface area (Å²) in [5, 5.41) is 4.05. The first kappa shape index (κ1) is 12.8. The van der Waals surface area contributed by atoms with Gasteiger partial charge in [0.2, 0.25) is 17.6 Å². The van der Waals surface area contributed by atoms with Crippen molar-refractivity contribution >= 4 is 11.6 Å². The molecule has 2 aliphatic rings. The second-order valence-corrected chi connectivity index (χ2v) is 6.23. The molecule has 3 aromatic rings. The number of hydrogen-bond donors (Lipinski definition) is 0. The minimum Gasteiger partial charge on any atom is -0.339 e. The average Bonchev–Trinajstić information content (AvgIpc) is 3.00. The molecule has 4 heterocycles. The third-order valence-electron chi connectivity index (χ3n) is 4.53. The molecule has 1 unspecified atom stereocenters. The van der Waals surface area contributed by atoms with E-state index in [1.54, 1.807) is 0 Å². The largest absolute Gasteiger partial charge is 0.339 e. The number of carbonyl (C=O) groups is 1. The van der Waals surface area contributed by atoms with Crippen LogP contribution >= 0.6 is 0 Å². The monoisotopic (exact) mass is 309 g/mol. The summed E-state index contributed by atoms with van der Waals surface area (Å²) in [5.41, 5.74) is 1.51. The molecular weight excluding hydrogens is 294 g/mol. The fraction of sp³-hybridized carbons (Fsp3) is 0.375. The molecule has 7 nitrogen and oxygen atoms in total. The van der Waals surface area contributed by atoms with Gasteiger partial charge in [0.1, 0.15) is 11.3 Å². The molecule has 1 saturated carbocycles. The number of fused-ring (bicyclic) bond motifs is 1. The van der Waals surface area contributed by atoms with Gasteiger partial charge in [0.25, 0.3) is 0 Å². The van der Waals surface area contributed by atoms with Crippen molar-refractivity contribution in [2.45, 2.75) is 31.2 Å². The SMILES string of the molecule is O=C1CC(c2nc(-c3cn4ccccc4n3)no2)CN1C1CC1. The summed E-state index contributed by atoms with van der Waals surface area (Å²) in [7, 11) is 0. The Kier molecular flexibility index (Phi) is 2.59. The lowest BCUT2D eigenvalue weighted by Crippen LogP contribution is -2.27. The van der Waals surface area contributed by atoms with Gasteiger partial charge in [-0.15, -0.1) is 0 Å². The van der Waals surface area contributed by atoms with E-state index in [1.165, 1.54) is 0 Å². The molecule has 0 bridgehead atoms. The van der Waals surface area contributed by atoms with Crippen molar-refractivity contribution in [2.24, 2.45) is 0 Å². The molecule has 2 fully saturated rings. The first-order chi connectivity index (χ1) is 11.3. The molecule has 0 radical (unpaired) electrons. The lowest BCUT2D eigenvalue weighted by molar-refractivity contribution is -0.128. The summed E-state index contributed by atoms with van der Waals surface area (Å²) in [6.07, 6.45) is 6.50. The maximum Gasteiger partial charge on any atom is 0.232 e. The van der Waals surface area contributed by atoms with Gasteiger partial charge in [-0.2, -0.15) is 4.98 Å². The molecule has 1 atom stereocenters. The predicted octanol–water partition coefficient (Wildman–Crippen LogP) is 1.86. The second kappa shape index (κ2) is 4.65. The Balaban J connectivity index is 1.43. The lowest BCUT2D eigenvalue weighted by Gasteiger charge is -2.13. The lowest BCUT2D eigenvalue weighted by atomic mass is 10.1. The summed E-state index contributed by atoms with van der Waals surface area (Å²) in [6.45, 7) is 0.691. The molecule has 0 N–H and O–H groups in total. The first-order valence-electron chi connectivity index (χ1n) is 7.85. The highest BCUT2D eigenvalue weighted by Crippen LogP contribution is 2.36. The van der Waals surface area contributed by atoms with Crippen LogP contribution in [0.15, 0.2) is 35.1 Å². The summed E-state index contributed by atoms with van der Waals surface area (Å²) in [4.78, 5) is 23.0. The summed E-state index contributed by atoms with van der Waals surface area (Å²) < 4.78 is 7.32. The van der Waals surface area contributed by atoms with Crippen molar-refractivity contribution in [3.63, 3.8) is 0 Å². The Morgan fingerprint density at radius 3 is 2.96 bits per heavy atom. The Morgan fingerprint density at radius 2 is 2.13 bits per heavy atom. The van der Waals surface area contributed by atoms with E-state index in [0.717, 1.165) is 18.5 Å². The number of pyridine rings is 1. The quantitative estimate of drug-likeness (QED) is 0.738. The van der Waals surface area contributed by atoms with Crippen molar-refractivity contribution in [1.29, 1.82) is 0 Å². The Labute approximate surface area is 131 Å².